The van der Waals surface area contributed by atoms with Crippen molar-refractivity contribution in [3.05, 3.63) is 41.7 Å². The molecule has 1 rings (SSSR count). The van der Waals surface area contributed by atoms with E-state index in [1.54, 1.807) is 6.92 Å². The first-order valence-corrected chi connectivity index (χ1v) is 4.74. The summed E-state index contributed by atoms with van der Waals surface area (Å²) >= 11 is 0. The maximum atomic E-state index is 11.1. The van der Waals surface area contributed by atoms with Gasteiger partial charge in [0.05, 0.1) is 7.11 Å². The van der Waals surface area contributed by atoms with Gasteiger partial charge in [0, 0.05) is 0 Å². The highest BCUT2D eigenvalue weighted by molar-refractivity contribution is 5.94. The molecule has 0 aliphatic carbocycles. The van der Waals surface area contributed by atoms with Gasteiger partial charge < -0.3 is 9.47 Å². The van der Waals surface area contributed by atoms with Gasteiger partial charge in [-0.15, -0.1) is 0 Å². The van der Waals surface area contributed by atoms with Gasteiger partial charge in [-0.2, -0.15) is 0 Å². The van der Waals surface area contributed by atoms with E-state index in [4.69, 9.17) is 4.74 Å². The summed E-state index contributed by atoms with van der Waals surface area (Å²) in [7, 11) is 1.18. The number of benzene rings is 1. The molecule has 0 N–H and O–H groups in total. The SMILES string of the molecule is COC(=O)C(=C=O)OC(C)c1ccccc1. The van der Waals surface area contributed by atoms with Crippen molar-refractivity contribution in [2.75, 3.05) is 7.11 Å². The summed E-state index contributed by atoms with van der Waals surface area (Å²) in [6.07, 6.45) is -0.406. The van der Waals surface area contributed by atoms with Gasteiger partial charge >= 0.3 is 5.97 Å². The van der Waals surface area contributed by atoms with E-state index in [0.717, 1.165) is 5.56 Å². The van der Waals surface area contributed by atoms with Gasteiger partial charge in [-0.3, -0.25) is 0 Å². The van der Waals surface area contributed by atoms with Crippen LogP contribution in [0.2, 0.25) is 0 Å². The minimum atomic E-state index is -0.821. The molecule has 1 aromatic carbocycles. The zero-order valence-corrected chi connectivity index (χ0v) is 9.10. The summed E-state index contributed by atoms with van der Waals surface area (Å²) in [5.74, 6) is 0.156. The summed E-state index contributed by atoms with van der Waals surface area (Å²) in [6.45, 7) is 1.73. The van der Waals surface area contributed by atoms with Crippen LogP contribution in [0.25, 0.3) is 0 Å². The van der Waals surface area contributed by atoms with E-state index in [1.807, 2.05) is 30.3 Å². The third-order valence-electron chi connectivity index (χ3n) is 2.03. The summed E-state index contributed by atoms with van der Waals surface area (Å²) in [4.78, 5) is 21.5. The van der Waals surface area contributed by atoms with Crippen molar-refractivity contribution in [1.29, 1.82) is 0 Å². The second-order valence-electron chi connectivity index (χ2n) is 3.09. The molecule has 0 saturated carbocycles. The number of methoxy groups -OCH3 is 1. The molecule has 0 radical (unpaired) electrons. The molecule has 4 heteroatoms. The van der Waals surface area contributed by atoms with E-state index < -0.39 is 17.8 Å². The molecule has 4 nitrogen and oxygen atoms in total. The molecule has 1 aromatic rings. The van der Waals surface area contributed by atoms with Crippen molar-refractivity contribution in [2.24, 2.45) is 0 Å². The predicted molar refractivity (Wildman–Crippen MR) is 57.2 cm³/mol. The van der Waals surface area contributed by atoms with E-state index in [2.05, 4.69) is 4.74 Å². The number of carbonyl (C=O) groups is 1. The molecule has 0 aliphatic rings. The van der Waals surface area contributed by atoms with Crippen LogP contribution < -0.4 is 0 Å². The Balaban J connectivity index is 2.75. The second-order valence-corrected chi connectivity index (χ2v) is 3.09. The molecule has 0 spiro atoms. The summed E-state index contributed by atoms with van der Waals surface area (Å²) in [5.41, 5.74) is 0.860. The van der Waals surface area contributed by atoms with Gasteiger partial charge in [-0.05, 0) is 12.5 Å². The summed E-state index contributed by atoms with van der Waals surface area (Å²) < 4.78 is 9.53. The van der Waals surface area contributed by atoms with Crippen LogP contribution in [0.4, 0.5) is 0 Å². The highest BCUT2D eigenvalue weighted by Crippen LogP contribution is 2.18. The monoisotopic (exact) mass is 220 g/mol. The van der Waals surface area contributed by atoms with E-state index in [9.17, 15) is 9.59 Å². The first-order valence-electron chi connectivity index (χ1n) is 4.74. The minimum Gasteiger partial charge on any atom is -0.470 e. The molecule has 0 heterocycles. The lowest BCUT2D eigenvalue weighted by Gasteiger charge is -2.13. The lowest BCUT2D eigenvalue weighted by atomic mass is 10.1. The molecule has 16 heavy (non-hydrogen) atoms. The number of hydrogen-bond acceptors (Lipinski definition) is 4. The molecule has 0 fully saturated rings. The van der Waals surface area contributed by atoms with Gasteiger partial charge in [-0.1, -0.05) is 30.3 Å². The molecule has 0 aromatic heterocycles. The fourth-order valence-electron chi connectivity index (χ4n) is 1.18. The number of esters is 1. The highest BCUT2D eigenvalue weighted by Gasteiger charge is 2.17. The second kappa shape index (κ2) is 5.73. The largest absolute Gasteiger partial charge is 0.470 e. The van der Waals surface area contributed by atoms with Crippen LogP contribution in [0, 0.1) is 0 Å². The molecule has 84 valence electrons. The minimum absolute atomic E-state index is 0.406. The number of carbonyl (C=O) groups excluding carboxylic acids is 2. The Hall–Kier alpha value is -2.06. The number of hydrogen-bond donors (Lipinski definition) is 0. The number of ether oxygens (including phenoxy) is 2. The predicted octanol–water partition coefficient (Wildman–Crippen LogP) is 1.65. The Morgan fingerprint density at radius 3 is 2.44 bits per heavy atom. The van der Waals surface area contributed by atoms with Crippen molar-refractivity contribution in [1.82, 2.24) is 0 Å². The van der Waals surface area contributed by atoms with E-state index >= 15 is 0 Å². The molecule has 1 atom stereocenters. The van der Waals surface area contributed by atoms with Gasteiger partial charge in [-0.25, -0.2) is 9.59 Å². The molecule has 1 unspecified atom stereocenters. The average Bonchev–Trinajstić information content (AvgIpc) is 2.35. The first-order chi connectivity index (χ1) is 7.69. The van der Waals surface area contributed by atoms with Crippen molar-refractivity contribution >= 4 is 11.9 Å². The molecule has 0 saturated heterocycles. The van der Waals surface area contributed by atoms with Gasteiger partial charge in [0.15, 0.2) is 5.94 Å². The smallest absolute Gasteiger partial charge is 0.385 e. The standard InChI is InChI=1S/C12H12O4/c1-9(10-6-4-3-5-7-10)16-11(8-13)12(14)15-2/h3-7,9H,1-2H3. The molecule has 0 bridgehead atoms. The quantitative estimate of drug-likeness (QED) is 0.335. The zero-order valence-electron chi connectivity index (χ0n) is 9.10. The summed E-state index contributed by atoms with van der Waals surface area (Å²) in [6, 6.07) is 9.23. The van der Waals surface area contributed by atoms with Gasteiger partial charge in [0.1, 0.15) is 6.10 Å². The van der Waals surface area contributed by atoms with Crippen molar-refractivity contribution in [3.63, 3.8) is 0 Å². The lowest BCUT2D eigenvalue weighted by molar-refractivity contribution is -0.140. The van der Waals surface area contributed by atoms with Crippen LogP contribution >= 0.6 is 0 Å². The average molecular weight is 220 g/mol. The Morgan fingerprint density at radius 1 is 1.31 bits per heavy atom. The summed E-state index contributed by atoms with van der Waals surface area (Å²) in [5, 5.41) is 0. The fourth-order valence-corrected chi connectivity index (χ4v) is 1.18. The lowest BCUT2D eigenvalue weighted by Crippen LogP contribution is -2.11. The molecular weight excluding hydrogens is 208 g/mol. The van der Waals surface area contributed by atoms with Crippen LogP contribution in [0.1, 0.15) is 18.6 Å². The molecule has 0 amide bonds. The van der Waals surface area contributed by atoms with Crippen molar-refractivity contribution in [3.8, 4) is 0 Å². The highest BCUT2D eigenvalue weighted by atomic mass is 16.6. The van der Waals surface area contributed by atoms with Crippen molar-refractivity contribution in [2.45, 2.75) is 13.0 Å². The maximum absolute atomic E-state index is 11.1. The first kappa shape index (κ1) is 12.0. The van der Waals surface area contributed by atoms with E-state index in [0.29, 0.717) is 0 Å². The van der Waals surface area contributed by atoms with Crippen LogP contribution in [0.15, 0.2) is 36.1 Å². The third kappa shape index (κ3) is 2.97. The van der Waals surface area contributed by atoms with Crippen LogP contribution in [0.3, 0.4) is 0 Å². The molecule has 0 aliphatic heterocycles. The Labute approximate surface area is 93.5 Å². The van der Waals surface area contributed by atoms with Crippen LogP contribution in [-0.4, -0.2) is 19.0 Å². The third-order valence-corrected chi connectivity index (χ3v) is 2.03. The Bertz CT molecular complexity index is 404. The molecular formula is C12H12O4. The normalized spacial score (nSPS) is 11.1. The van der Waals surface area contributed by atoms with Gasteiger partial charge in [0.25, 0.3) is 5.76 Å². The number of rotatable bonds is 4. The zero-order chi connectivity index (χ0) is 12.0. The topological polar surface area (TPSA) is 52.6 Å². The van der Waals surface area contributed by atoms with Crippen LogP contribution in [0.5, 0.6) is 0 Å². The Morgan fingerprint density at radius 2 is 1.94 bits per heavy atom. The van der Waals surface area contributed by atoms with Crippen LogP contribution in [-0.2, 0) is 19.1 Å². The maximum Gasteiger partial charge on any atom is 0.385 e. The van der Waals surface area contributed by atoms with E-state index in [1.165, 1.54) is 13.1 Å². The fraction of sp³-hybridized carbons (Fsp3) is 0.250. The van der Waals surface area contributed by atoms with Gasteiger partial charge in [0.2, 0.25) is 0 Å². The Kier molecular flexibility index (Phi) is 4.30. The van der Waals surface area contributed by atoms with Crippen molar-refractivity contribution < 1.29 is 19.1 Å². The van der Waals surface area contributed by atoms with E-state index in [-0.39, 0.29) is 0 Å².